The molecule has 0 spiro atoms. The van der Waals surface area contributed by atoms with Crippen molar-refractivity contribution in [2.75, 3.05) is 11.4 Å². The second kappa shape index (κ2) is 7.81. The molecule has 2 aromatic carbocycles. The van der Waals surface area contributed by atoms with Crippen molar-refractivity contribution in [1.29, 1.82) is 0 Å². The molecule has 0 N–H and O–H groups in total. The van der Waals surface area contributed by atoms with Gasteiger partial charge in [0.25, 0.3) is 6.43 Å². The summed E-state index contributed by atoms with van der Waals surface area (Å²) >= 11 is 12.5. The number of rotatable bonds is 4. The van der Waals surface area contributed by atoms with Crippen molar-refractivity contribution in [3.8, 4) is 0 Å². The zero-order valence-electron chi connectivity index (χ0n) is 13.2. The van der Waals surface area contributed by atoms with Crippen LogP contribution in [0.15, 0.2) is 33.2 Å². The maximum atomic E-state index is 13.5. The van der Waals surface area contributed by atoms with Crippen molar-refractivity contribution >= 4 is 61.0 Å². The van der Waals surface area contributed by atoms with E-state index in [2.05, 4.69) is 31.9 Å². The summed E-state index contributed by atoms with van der Waals surface area (Å²) in [5.41, 5.74) is 0.577. The van der Waals surface area contributed by atoms with Crippen molar-refractivity contribution in [2.45, 2.75) is 13.0 Å². The average molecular weight is 528 g/mol. The quantitative estimate of drug-likeness (QED) is 0.462. The highest BCUT2D eigenvalue weighted by atomic mass is 79.9. The molecule has 0 fully saturated rings. The summed E-state index contributed by atoms with van der Waals surface area (Å²) in [5.74, 6) is -1.22. The first-order valence-electron chi connectivity index (χ1n) is 7.43. The van der Waals surface area contributed by atoms with Crippen molar-refractivity contribution in [1.82, 2.24) is 0 Å². The topological polar surface area (TPSA) is 46.6 Å². The molecule has 4 nitrogen and oxygen atoms in total. The van der Waals surface area contributed by atoms with Gasteiger partial charge >= 0.3 is 6.09 Å². The normalized spacial score (nSPS) is 13.6. The lowest BCUT2D eigenvalue weighted by Crippen LogP contribution is -2.39. The molecule has 1 aliphatic heterocycles. The molecule has 0 aromatic heterocycles. The second-order valence-corrected chi connectivity index (χ2v) is 7.61. The summed E-state index contributed by atoms with van der Waals surface area (Å²) in [6.07, 6.45) is -3.68. The fourth-order valence-electron chi connectivity index (χ4n) is 2.66. The monoisotopic (exact) mass is 525 g/mol. The van der Waals surface area contributed by atoms with Crippen LogP contribution in [0.5, 0.6) is 0 Å². The number of amides is 1. The minimum Gasteiger partial charge on any atom is -0.444 e. The highest BCUT2D eigenvalue weighted by Crippen LogP contribution is 2.41. The molecule has 0 unspecified atom stereocenters. The molecule has 27 heavy (non-hydrogen) atoms. The average Bonchev–Trinajstić information content (AvgIpc) is 2.59. The number of nitrogens with zero attached hydrogens (tertiary/aromatic N) is 1. The summed E-state index contributed by atoms with van der Waals surface area (Å²) in [4.78, 5) is 25.6. The van der Waals surface area contributed by atoms with Crippen LogP contribution in [0.2, 0.25) is 5.02 Å². The Morgan fingerprint density at radius 2 is 2.00 bits per heavy atom. The van der Waals surface area contributed by atoms with E-state index in [9.17, 15) is 22.8 Å². The van der Waals surface area contributed by atoms with E-state index in [-0.39, 0.29) is 37.4 Å². The van der Waals surface area contributed by atoms with E-state index in [1.807, 2.05) is 0 Å². The molecular weight excluding hydrogens is 518 g/mol. The molecular formula is C17H9Br2ClF3NO3. The number of hydrogen-bond donors (Lipinski definition) is 0. The van der Waals surface area contributed by atoms with Crippen LogP contribution < -0.4 is 4.90 Å². The summed E-state index contributed by atoms with van der Waals surface area (Å²) in [5, 5.41) is 0.0590. The smallest absolute Gasteiger partial charge is 0.414 e. The Bertz CT molecular complexity index is 956. The molecule has 0 saturated heterocycles. The third-order valence-electron chi connectivity index (χ3n) is 3.87. The van der Waals surface area contributed by atoms with Crippen molar-refractivity contribution in [3.05, 3.63) is 60.7 Å². The summed E-state index contributed by atoms with van der Waals surface area (Å²) in [6, 6.07) is 4.77. The molecule has 0 radical (unpaired) electrons. The third kappa shape index (κ3) is 3.86. The predicted molar refractivity (Wildman–Crippen MR) is 100 cm³/mol. The molecule has 1 amide bonds. The maximum absolute atomic E-state index is 13.5. The molecule has 0 bridgehead atoms. The Morgan fingerprint density at radius 1 is 1.30 bits per heavy atom. The van der Waals surface area contributed by atoms with Crippen LogP contribution in [0.3, 0.4) is 0 Å². The fraction of sp³-hybridized carbons (Fsp3) is 0.176. The molecule has 1 aliphatic rings. The number of ketones is 1. The Morgan fingerprint density at radius 3 is 2.67 bits per heavy atom. The van der Waals surface area contributed by atoms with E-state index in [1.165, 1.54) is 12.1 Å². The van der Waals surface area contributed by atoms with Crippen molar-refractivity contribution in [2.24, 2.45) is 0 Å². The van der Waals surface area contributed by atoms with Gasteiger partial charge in [0.1, 0.15) is 12.4 Å². The second-order valence-electron chi connectivity index (χ2n) is 5.55. The zero-order chi connectivity index (χ0) is 19.9. The number of halogens is 6. The van der Waals surface area contributed by atoms with Crippen LogP contribution in [-0.4, -0.2) is 24.8 Å². The van der Waals surface area contributed by atoms with Gasteiger partial charge < -0.3 is 4.74 Å². The van der Waals surface area contributed by atoms with Gasteiger partial charge in [-0.1, -0.05) is 11.6 Å². The number of fused-ring (bicyclic) bond motifs is 1. The molecule has 0 atom stereocenters. The van der Waals surface area contributed by atoms with E-state index in [1.54, 1.807) is 0 Å². The minimum atomic E-state index is -2.77. The number of cyclic esters (lactones) is 1. The van der Waals surface area contributed by atoms with Gasteiger partial charge in [-0.3, -0.25) is 9.69 Å². The van der Waals surface area contributed by atoms with Crippen LogP contribution in [-0.2, 0) is 11.3 Å². The minimum absolute atomic E-state index is 0.0590. The van der Waals surface area contributed by atoms with E-state index in [0.717, 1.165) is 17.0 Å². The number of benzene rings is 2. The predicted octanol–water partition coefficient (Wildman–Crippen LogP) is 5.96. The molecule has 2 aromatic rings. The fourth-order valence-corrected chi connectivity index (χ4v) is 4.44. The van der Waals surface area contributed by atoms with Gasteiger partial charge in [-0.25, -0.2) is 18.0 Å². The van der Waals surface area contributed by atoms with Gasteiger partial charge in [0, 0.05) is 20.1 Å². The van der Waals surface area contributed by atoms with Crippen LogP contribution in [0.4, 0.5) is 23.7 Å². The molecule has 142 valence electrons. The number of hydrogen-bond acceptors (Lipinski definition) is 3. The first-order chi connectivity index (χ1) is 12.7. The Labute approximate surface area is 173 Å². The molecule has 10 heteroatoms. The summed E-state index contributed by atoms with van der Waals surface area (Å²) < 4.78 is 44.6. The number of ether oxygens (including phenoxy) is 1. The summed E-state index contributed by atoms with van der Waals surface area (Å²) in [7, 11) is 0. The first kappa shape index (κ1) is 20.2. The Kier molecular flexibility index (Phi) is 5.83. The molecule has 3 rings (SSSR count). The maximum Gasteiger partial charge on any atom is 0.414 e. The number of anilines is 1. The van der Waals surface area contributed by atoms with Crippen molar-refractivity contribution in [3.63, 3.8) is 0 Å². The standard InChI is InChI=1S/C17H9Br2ClF3NO3/c18-10-4-12-9(6-27-17(26)24(12)5-13(22)23)15(19)14(10)16(25)8-3-7(21)1-2-11(8)20/h1-4,13H,5-6H2. The van der Waals surface area contributed by atoms with Gasteiger partial charge in [0.05, 0.1) is 22.8 Å². The lowest BCUT2D eigenvalue weighted by molar-refractivity contribution is 0.103. The number of carbonyl (C=O) groups is 2. The van der Waals surface area contributed by atoms with E-state index >= 15 is 0 Å². The lowest BCUT2D eigenvalue weighted by atomic mass is 9.99. The van der Waals surface area contributed by atoms with Gasteiger partial charge in [0.2, 0.25) is 0 Å². The highest BCUT2D eigenvalue weighted by molar-refractivity contribution is 9.11. The zero-order valence-corrected chi connectivity index (χ0v) is 17.2. The van der Waals surface area contributed by atoms with Crippen LogP contribution in [0.25, 0.3) is 0 Å². The third-order valence-corrected chi connectivity index (χ3v) is 5.70. The summed E-state index contributed by atoms with van der Waals surface area (Å²) in [6.45, 7) is -1.06. The largest absolute Gasteiger partial charge is 0.444 e. The van der Waals surface area contributed by atoms with Gasteiger partial charge in [-0.05, 0) is 56.1 Å². The Balaban J connectivity index is 2.13. The van der Waals surface area contributed by atoms with Gasteiger partial charge in [-0.15, -0.1) is 0 Å². The molecule has 0 saturated carbocycles. The van der Waals surface area contributed by atoms with Crippen LogP contribution in [0, 0.1) is 5.82 Å². The number of carbonyl (C=O) groups excluding carboxylic acids is 2. The first-order valence-corrected chi connectivity index (χ1v) is 9.40. The van der Waals surface area contributed by atoms with E-state index in [4.69, 9.17) is 16.3 Å². The van der Waals surface area contributed by atoms with Gasteiger partial charge in [-0.2, -0.15) is 0 Å². The van der Waals surface area contributed by atoms with Crippen LogP contribution in [0.1, 0.15) is 21.5 Å². The van der Waals surface area contributed by atoms with E-state index in [0.29, 0.717) is 5.56 Å². The van der Waals surface area contributed by atoms with Gasteiger partial charge in [0.15, 0.2) is 5.78 Å². The Hall–Kier alpha value is -1.58. The lowest BCUT2D eigenvalue weighted by Gasteiger charge is -2.30. The van der Waals surface area contributed by atoms with Crippen molar-refractivity contribution < 1.29 is 27.5 Å². The molecule has 1 heterocycles. The number of alkyl halides is 2. The molecule has 0 aliphatic carbocycles. The SMILES string of the molecule is O=C(c1cc(F)ccc1Cl)c1c(Br)cc2c(c1Br)COC(=O)N2CC(F)F. The van der Waals surface area contributed by atoms with Crippen LogP contribution >= 0.6 is 43.5 Å². The highest BCUT2D eigenvalue weighted by Gasteiger charge is 2.33. The van der Waals surface area contributed by atoms with E-state index < -0.39 is 30.7 Å².